The van der Waals surface area contributed by atoms with Crippen molar-refractivity contribution < 1.29 is 4.79 Å². The Balaban J connectivity index is 1.64. The summed E-state index contributed by atoms with van der Waals surface area (Å²) in [4.78, 5) is 12.2. The molecule has 1 N–H and O–H groups in total. The van der Waals surface area contributed by atoms with Gasteiger partial charge in [-0.25, -0.2) is 0 Å². The average Bonchev–Trinajstić information content (AvgIpc) is 3.02. The van der Waals surface area contributed by atoms with E-state index in [-0.39, 0.29) is 5.91 Å². The molecule has 1 aliphatic rings. The van der Waals surface area contributed by atoms with Crippen molar-refractivity contribution in [2.45, 2.75) is 57.1 Å². The second kappa shape index (κ2) is 7.79. The molecule has 0 saturated heterocycles. The third kappa shape index (κ3) is 3.95. The molecular formula is C17H23N5OS. The van der Waals surface area contributed by atoms with E-state index in [1.165, 1.54) is 31.0 Å². The molecule has 0 unspecified atom stereocenters. The van der Waals surface area contributed by atoms with Crippen LogP contribution in [0.3, 0.4) is 0 Å². The van der Waals surface area contributed by atoms with Crippen molar-refractivity contribution in [1.82, 2.24) is 25.5 Å². The molecule has 1 saturated carbocycles. The van der Waals surface area contributed by atoms with Crippen molar-refractivity contribution in [2.75, 3.05) is 5.75 Å². The molecular weight excluding hydrogens is 322 g/mol. The molecule has 1 aliphatic carbocycles. The Labute approximate surface area is 146 Å². The zero-order valence-corrected chi connectivity index (χ0v) is 15.0. The lowest BCUT2D eigenvalue weighted by Crippen LogP contribution is -2.37. The first-order valence-corrected chi connectivity index (χ1v) is 9.41. The molecule has 3 rings (SSSR count). The molecule has 6 nitrogen and oxygen atoms in total. The van der Waals surface area contributed by atoms with E-state index in [1.54, 1.807) is 4.68 Å². The van der Waals surface area contributed by atoms with Gasteiger partial charge in [0, 0.05) is 6.04 Å². The summed E-state index contributed by atoms with van der Waals surface area (Å²) in [5.41, 5.74) is 3.20. The topological polar surface area (TPSA) is 72.7 Å². The van der Waals surface area contributed by atoms with E-state index in [4.69, 9.17) is 0 Å². The number of carbonyl (C=O) groups is 1. The highest BCUT2D eigenvalue weighted by Gasteiger charge is 2.18. The summed E-state index contributed by atoms with van der Waals surface area (Å²) < 4.78 is 1.73. The lowest BCUT2D eigenvalue weighted by molar-refractivity contribution is -0.119. The largest absolute Gasteiger partial charge is 0.353 e. The maximum Gasteiger partial charge on any atom is 0.230 e. The number of benzene rings is 1. The number of para-hydroxylation sites is 1. The van der Waals surface area contributed by atoms with Crippen LogP contribution in [0.15, 0.2) is 23.4 Å². The number of rotatable bonds is 5. The Morgan fingerprint density at radius 3 is 2.67 bits per heavy atom. The zero-order valence-electron chi connectivity index (χ0n) is 14.2. The molecule has 2 aromatic rings. The number of nitrogens with zero attached hydrogens (tertiary/aromatic N) is 4. The second-order valence-electron chi connectivity index (χ2n) is 6.30. The summed E-state index contributed by atoms with van der Waals surface area (Å²) in [6.45, 7) is 4.07. The molecule has 24 heavy (non-hydrogen) atoms. The number of carbonyl (C=O) groups excluding carboxylic acids is 1. The minimum Gasteiger partial charge on any atom is -0.353 e. The van der Waals surface area contributed by atoms with Gasteiger partial charge in [-0.05, 0) is 48.2 Å². The second-order valence-corrected chi connectivity index (χ2v) is 7.25. The number of hydrogen-bond acceptors (Lipinski definition) is 5. The summed E-state index contributed by atoms with van der Waals surface area (Å²) in [6, 6.07) is 6.42. The summed E-state index contributed by atoms with van der Waals surface area (Å²) >= 11 is 1.38. The summed E-state index contributed by atoms with van der Waals surface area (Å²) in [5.74, 6) is 0.393. The fourth-order valence-electron chi connectivity index (χ4n) is 3.20. The van der Waals surface area contributed by atoms with Crippen LogP contribution >= 0.6 is 11.8 Å². The van der Waals surface area contributed by atoms with Gasteiger partial charge in [-0.1, -0.05) is 49.2 Å². The quantitative estimate of drug-likeness (QED) is 0.844. The van der Waals surface area contributed by atoms with Gasteiger partial charge in [0.25, 0.3) is 0 Å². The Morgan fingerprint density at radius 2 is 1.96 bits per heavy atom. The fourth-order valence-corrected chi connectivity index (χ4v) is 3.88. The number of aromatic nitrogens is 4. The van der Waals surface area contributed by atoms with Gasteiger partial charge in [0.2, 0.25) is 11.1 Å². The van der Waals surface area contributed by atoms with Crippen LogP contribution in [-0.4, -0.2) is 37.9 Å². The first-order valence-electron chi connectivity index (χ1n) is 8.42. The Bertz CT molecular complexity index is 689. The number of tetrazole rings is 1. The molecule has 1 fully saturated rings. The van der Waals surface area contributed by atoms with E-state index in [1.807, 2.05) is 32.0 Å². The monoisotopic (exact) mass is 345 g/mol. The van der Waals surface area contributed by atoms with Gasteiger partial charge in [0.05, 0.1) is 11.4 Å². The molecule has 0 atom stereocenters. The third-order valence-corrected chi connectivity index (χ3v) is 5.31. The number of aryl methyl sites for hydroxylation is 2. The Kier molecular flexibility index (Phi) is 5.50. The lowest BCUT2D eigenvalue weighted by atomic mass is 9.95. The normalized spacial score (nSPS) is 15.4. The van der Waals surface area contributed by atoms with Crippen LogP contribution in [-0.2, 0) is 4.79 Å². The van der Waals surface area contributed by atoms with Crippen molar-refractivity contribution in [3.05, 3.63) is 29.3 Å². The predicted octanol–water partition coefficient (Wildman–Crippen LogP) is 2.82. The maximum atomic E-state index is 12.2. The predicted molar refractivity (Wildman–Crippen MR) is 94.4 cm³/mol. The molecule has 1 heterocycles. The number of nitrogens with one attached hydrogen (secondary N) is 1. The van der Waals surface area contributed by atoms with E-state index in [0.717, 1.165) is 29.7 Å². The number of hydrogen-bond donors (Lipinski definition) is 1. The van der Waals surface area contributed by atoms with Gasteiger partial charge in [-0.3, -0.25) is 4.79 Å². The van der Waals surface area contributed by atoms with Crippen molar-refractivity contribution in [1.29, 1.82) is 0 Å². The molecule has 0 aliphatic heterocycles. The van der Waals surface area contributed by atoms with Crippen molar-refractivity contribution in [3.63, 3.8) is 0 Å². The van der Waals surface area contributed by atoms with E-state index in [2.05, 4.69) is 20.8 Å². The van der Waals surface area contributed by atoms with Crippen LogP contribution in [0.5, 0.6) is 0 Å². The van der Waals surface area contributed by atoms with E-state index in [9.17, 15) is 4.79 Å². The van der Waals surface area contributed by atoms with E-state index in [0.29, 0.717) is 17.0 Å². The van der Waals surface area contributed by atoms with Crippen LogP contribution in [0.1, 0.15) is 43.2 Å². The van der Waals surface area contributed by atoms with Crippen LogP contribution in [0.25, 0.3) is 5.69 Å². The zero-order chi connectivity index (χ0) is 16.9. The van der Waals surface area contributed by atoms with Gasteiger partial charge in [0.15, 0.2) is 0 Å². The van der Waals surface area contributed by atoms with Crippen molar-refractivity contribution >= 4 is 17.7 Å². The molecule has 7 heteroatoms. The Hall–Kier alpha value is -1.89. The minimum absolute atomic E-state index is 0.0583. The number of thioether (sulfide) groups is 1. The molecule has 128 valence electrons. The van der Waals surface area contributed by atoms with Gasteiger partial charge < -0.3 is 5.32 Å². The molecule has 0 bridgehead atoms. The molecule has 1 aromatic carbocycles. The smallest absolute Gasteiger partial charge is 0.230 e. The fraction of sp³-hybridized carbons (Fsp3) is 0.529. The van der Waals surface area contributed by atoms with Crippen LogP contribution < -0.4 is 5.32 Å². The summed E-state index contributed by atoms with van der Waals surface area (Å²) in [7, 11) is 0. The van der Waals surface area contributed by atoms with Gasteiger partial charge in [0.1, 0.15) is 0 Å². The van der Waals surface area contributed by atoms with Gasteiger partial charge in [-0.2, -0.15) is 4.68 Å². The number of amides is 1. The Morgan fingerprint density at radius 1 is 1.25 bits per heavy atom. The lowest BCUT2D eigenvalue weighted by Gasteiger charge is -2.22. The maximum absolute atomic E-state index is 12.2. The first-order chi connectivity index (χ1) is 11.6. The first kappa shape index (κ1) is 17.0. The average molecular weight is 345 g/mol. The third-order valence-electron chi connectivity index (χ3n) is 4.39. The van der Waals surface area contributed by atoms with Crippen molar-refractivity contribution in [3.8, 4) is 5.69 Å². The summed E-state index contributed by atoms with van der Waals surface area (Å²) in [6.07, 6.45) is 5.89. The highest BCUT2D eigenvalue weighted by atomic mass is 32.2. The van der Waals surface area contributed by atoms with Gasteiger partial charge >= 0.3 is 0 Å². The van der Waals surface area contributed by atoms with Crippen LogP contribution in [0.4, 0.5) is 0 Å². The van der Waals surface area contributed by atoms with E-state index >= 15 is 0 Å². The highest BCUT2D eigenvalue weighted by Crippen LogP contribution is 2.23. The summed E-state index contributed by atoms with van der Waals surface area (Å²) in [5, 5.41) is 15.7. The molecule has 0 spiro atoms. The minimum atomic E-state index is 0.0583. The van der Waals surface area contributed by atoms with Crippen LogP contribution in [0.2, 0.25) is 0 Å². The molecule has 1 amide bonds. The van der Waals surface area contributed by atoms with Crippen LogP contribution in [0, 0.1) is 13.8 Å². The molecule has 1 aromatic heterocycles. The highest BCUT2D eigenvalue weighted by molar-refractivity contribution is 7.99. The van der Waals surface area contributed by atoms with Crippen molar-refractivity contribution in [2.24, 2.45) is 0 Å². The SMILES string of the molecule is Cc1cccc(C)c1-n1nnnc1SCC(=O)NC1CCCCC1. The van der Waals surface area contributed by atoms with E-state index < -0.39 is 0 Å². The van der Waals surface area contributed by atoms with Gasteiger partial charge in [-0.15, -0.1) is 5.10 Å². The molecule has 0 radical (unpaired) electrons. The standard InChI is InChI=1S/C17H23N5OS/c1-12-7-6-8-13(2)16(12)22-17(19-20-21-22)24-11-15(23)18-14-9-4-3-5-10-14/h6-8,14H,3-5,9-11H2,1-2H3,(H,18,23).